The molecule has 0 aliphatic heterocycles. The van der Waals surface area contributed by atoms with Gasteiger partial charge in [-0.2, -0.15) is 0 Å². The molecule has 138 valence electrons. The summed E-state index contributed by atoms with van der Waals surface area (Å²) in [5.74, 6) is 0. The van der Waals surface area contributed by atoms with E-state index in [0.29, 0.717) is 0 Å². The number of allylic oxidation sites excluding steroid dienone is 2. The SMILES string of the molecule is CC=C(CCCCCCCCC)NCCCCCCCCCC. The van der Waals surface area contributed by atoms with Crippen LogP contribution in [0.5, 0.6) is 0 Å². The zero-order chi connectivity index (χ0) is 17.0. The van der Waals surface area contributed by atoms with E-state index in [-0.39, 0.29) is 0 Å². The van der Waals surface area contributed by atoms with Crippen molar-refractivity contribution >= 4 is 0 Å². The zero-order valence-corrected chi connectivity index (χ0v) is 16.6. The van der Waals surface area contributed by atoms with Crippen LogP contribution in [-0.2, 0) is 0 Å². The molecule has 0 bridgehead atoms. The highest BCUT2D eigenvalue weighted by Crippen LogP contribution is 2.12. The fourth-order valence-electron chi connectivity index (χ4n) is 3.12. The number of hydrogen-bond acceptors (Lipinski definition) is 1. The molecule has 0 aromatic heterocycles. The molecule has 0 unspecified atom stereocenters. The molecule has 0 aromatic carbocycles. The van der Waals surface area contributed by atoms with E-state index in [1.54, 1.807) is 0 Å². The Labute approximate surface area is 147 Å². The first kappa shape index (κ1) is 22.5. The van der Waals surface area contributed by atoms with Crippen LogP contribution in [0, 0.1) is 0 Å². The van der Waals surface area contributed by atoms with E-state index in [4.69, 9.17) is 0 Å². The third kappa shape index (κ3) is 17.7. The lowest BCUT2D eigenvalue weighted by molar-refractivity contribution is 0.557. The largest absolute Gasteiger partial charge is 0.389 e. The van der Waals surface area contributed by atoms with E-state index in [2.05, 4.69) is 32.2 Å². The average Bonchev–Trinajstić information content (AvgIpc) is 2.57. The third-order valence-corrected chi connectivity index (χ3v) is 4.78. The van der Waals surface area contributed by atoms with E-state index < -0.39 is 0 Å². The summed E-state index contributed by atoms with van der Waals surface area (Å²) < 4.78 is 0. The third-order valence-electron chi connectivity index (χ3n) is 4.78. The van der Waals surface area contributed by atoms with Crippen molar-refractivity contribution in [3.63, 3.8) is 0 Å². The van der Waals surface area contributed by atoms with Crippen LogP contribution >= 0.6 is 0 Å². The van der Waals surface area contributed by atoms with Crippen molar-refractivity contribution in [2.75, 3.05) is 6.54 Å². The van der Waals surface area contributed by atoms with Crippen molar-refractivity contribution in [2.45, 2.75) is 124 Å². The maximum Gasteiger partial charge on any atom is 0.0143 e. The van der Waals surface area contributed by atoms with E-state index in [0.717, 1.165) is 0 Å². The van der Waals surface area contributed by atoms with Crippen molar-refractivity contribution in [1.29, 1.82) is 0 Å². The molecular weight excluding hydrogens is 278 g/mol. The van der Waals surface area contributed by atoms with Gasteiger partial charge in [-0.15, -0.1) is 0 Å². The summed E-state index contributed by atoms with van der Waals surface area (Å²) in [5.41, 5.74) is 1.47. The monoisotopic (exact) mass is 323 g/mol. The molecule has 0 radical (unpaired) electrons. The second-order valence-electron chi connectivity index (χ2n) is 7.09. The van der Waals surface area contributed by atoms with Gasteiger partial charge in [0, 0.05) is 12.2 Å². The minimum Gasteiger partial charge on any atom is -0.389 e. The van der Waals surface area contributed by atoms with Crippen molar-refractivity contribution in [3.05, 3.63) is 11.8 Å². The smallest absolute Gasteiger partial charge is 0.0143 e. The van der Waals surface area contributed by atoms with E-state index in [1.165, 1.54) is 115 Å². The molecule has 0 heterocycles. The molecule has 0 aromatic rings. The Hall–Kier alpha value is -0.460. The van der Waals surface area contributed by atoms with Crippen LogP contribution < -0.4 is 5.32 Å². The van der Waals surface area contributed by atoms with E-state index >= 15 is 0 Å². The summed E-state index contributed by atoms with van der Waals surface area (Å²) in [6, 6.07) is 0. The van der Waals surface area contributed by atoms with Crippen LogP contribution in [0.25, 0.3) is 0 Å². The molecule has 1 N–H and O–H groups in total. The van der Waals surface area contributed by atoms with Gasteiger partial charge in [-0.25, -0.2) is 0 Å². The number of rotatable bonds is 18. The van der Waals surface area contributed by atoms with Gasteiger partial charge in [0.2, 0.25) is 0 Å². The molecule has 0 fully saturated rings. The standard InChI is InChI=1S/C22H45N/c1-4-7-9-11-13-15-17-19-21-23-22(6-3)20-18-16-14-12-10-8-5-2/h6,23H,4-5,7-21H2,1-3H3. The van der Waals surface area contributed by atoms with Gasteiger partial charge in [-0.05, 0) is 26.2 Å². The molecule has 0 amide bonds. The van der Waals surface area contributed by atoms with Crippen LogP contribution in [-0.4, -0.2) is 6.54 Å². The lowest BCUT2D eigenvalue weighted by Crippen LogP contribution is -2.14. The molecule has 1 nitrogen and oxygen atoms in total. The average molecular weight is 324 g/mol. The second-order valence-corrected chi connectivity index (χ2v) is 7.09. The van der Waals surface area contributed by atoms with E-state index in [1.807, 2.05) is 0 Å². The number of hydrogen-bond donors (Lipinski definition) is 1. The van der Waals surface area contributed by atoms with Crippen molar-refractivity contribution in [3.8, 4) is 0 Å². The molecule has 0 aliphatic carbocycles. The predicted molar refractivity (Wildman–Crippen MR) is 107 cm³/mol. The normalized spacial score (nSPS) is 11.9. The minimum atomic E-state index is 1.17. The van der Waals surface area contributed by atoms with Crippen molar-refractivity contribution in [1.82, 2.24) is 5.32 Å². The fraction of sp³-hybridized carbons (Fsp3) is 0.909. The van der Waals surface area contributed by atoms with Crippen LogP contribution in [0.1, 0.15) is 124 Å². The first-order valence-electron chi connectivity index (χ1n) is 10.7. The van der Waals surface area contributed by atoms with Crippen LogP contribution in [0.3, 0.4) is 0 Å². The Morgan fingerprint density at radius 3 is 1.52 bits per heavy atom. The minimum absolute atomic E-state index is 1.17. The van der Waals surface area contributed by atoms with Crippen LogP contribution in [0.4, 0.5) is 0 Å². The number of unbranched alkanes of at least 4 members (excludes halogenated alkanes) is 13. The predicted octanol–water partition coefficient (Wildman–Crippen LogP) is 7.76. The first-order chi connectivity index (χ1) is 11.3. The molecule has 23 heavy (non-hydrogen) atoms. The van der Waals surface area contributed by atoms with Gasteiger partial charge in [-0.3, -0.25) is 0 Å². The Morgan fingerprint density at radius 1 is 0.609 bits per heavy atom. The highest BCUT2D eigenvalue weighted by molar-refractivity contribution is 4.97. The quantitative estimate of drug-likeness (QED) is 0.254. The summed E-state index contributed by atoms with van der Waals surface area (Å²) in [5, 5.41) is 3.65. The van der Waals surface area contributed by atoms with Gasteiger partial charge in [0.05, 0.1) is 0 Å². The molecule has 1 heteroatoms. The van der Waals surface area contributed by atoms with Gasteiger partial charge >= 0.3 is 0 Å². The summed E-state index contributed by atoms with van der Waals surface area (Å²) in [7, 11) is 0. The Kier molecular flexibility index (Phi) is 19.2. The molecule has 0 saturated heterocycles. The molecule has 0 spiro atoms. The lowest BCUT2D eigenvalue weighted by atomic mass is 10.1. The molecule has 0 aliphatic rings. The number of nitrogens with one attached hydrogen (secondary N) is 1. The molecular formula is C22H45N. The maximum atomic E-state index is 3.65. The van der Waals surface area contributed by atoms with Crippen LogP contribution in [0.2, 0.25) is 0 Å². The zero-order valence-electron chi connectivity index (χ0n) is 16.6. The van der Waals surface area contributed by atoms with Crippen LogP contribution in [0.15, 0.2) is 11.8 Å². The summed E-state index contributed by atoms with van der Waals surface area (Å²) in [6.07, 6.45) is 24.6. The van der Waals surface area contributed by atoms with Crippen molar-refractivity contribution < 1.29 is 0 Å². The molecule has 0 saturated carbocycles. The van der Waals surface area contributed by atoms with Gasteiger partial charge in [-0.1, -0.05) is 103 Å². The lowest BCUT2D eigenvalue weighted by Gasteiger charge is -2.11. The fourth-order valence-corrected chi connectivity index (χ4v) is 3.12. The Balaban J connectivity index is 3.32. The highest BCUT2D eigenvalue weighted by Gasteiger charge is 1.97. The van der Waals surface area contributed by atoms with Gasteiger partial charge in [0.15, 0.2) is 0 Å². The topological polar surface area (TPSA) is 12.0 Å². The Morgan fingerprint density at radius 2 is 1.04 bits per heavy atom. The summed E-state index contributed by atoms with van der Waals surface area (Å²) in [6.45, 7) is 7.93. The summed E-state index contributed by atoms with van der Waals surface area (Å²) in [4.78, 5) is 0. The second kappa shape index (κ2) is 19.6. The van der Waals surface area contributed by atoms with Gasteiger partial charge in [0.1, 0.15) is 0 Å². The molecule has 0 atom stereocenters. The molecule has 0 rings (SSSR count). The highest BCUT2D eigenvalue weighted by atomic mass is 14.9. The van der Waals surface area contributed by atoms with E-state index in [9.17, 15) is 0 Å². The van der Waals surface area contributed by atoms with Crippen molar-refractivity contribution in [2.24, 2.45) is 0 Å². The Bertz CT molecular complexity index is 244. The van der Waals surface area contributed by atoms with Gasteiger partial charge in [0.25, 0.3) is 0 Å². The maximum absolute atomic E-state index is 3.65. The summed E-state index contributed by atoms with van der Waals surface area (Å²) >= 11 is 0. The first-order valence-corrected chi connectivity index (χ1v) is 10.7. The van der Waals surface area contributed by atoms with Gasteiger partial charge < -0.3 is 5.32 Å².